The van der Waals surface area contributed by atoms with Gasteiger partial charge in [0, 0.05) is 21.6 Å². The molecule has 1 atom stereocenters. The highest BCUT2D eigenvalue weighted by Crippen LogP contribution is 2.42. The minimum absolute atomic E-state index is 0.0615. The maximum absolute atomic E-state index is 12.9. The number of amides is 1. The van der Waals surface area contributed by atoms with E-state index in [0.717, 1.165) is 15.6 Å². The number of aliphatic hydroxyl groups excluding tert-OH is 1. The molecule has 2 heterocycles. The molecule has 140 valence electrons. The Morgan fingerprint density at radius 1 is 1.11 bits per heavy atom. The third kappa shape index (κ3) is 3.16. The van der Waals surface area contributed by atoms with Gasteiger partial charge < -0.3 is 5.11 Å². The Kier molecular flexibility index (Phi) is 4.87. The maximum atomic E-state index is 12.9. The second kappa shape index (κ2) is 7.33. The van der Waals surface area contributed by atoms with E-state index in [9.17, 15) is 14.7 Å². The first-order chi connectivity index (χ1) is 13.5. The van der Waals surface area contributed by atoms with Crippen molar-refractivity contribution in [2.75, 3.05) is 4.90 Å². The maximum Gasteiger partial charge on any atom is 0.301 e. The van der Waals surface area contributed by atoms with E-state index in [1.54, 1.807) is 35.8 Å². The number of hydrogen-bond donors (Lipinski definition) is 1. The van der Waals surface area contributed by atoms with Gasteiger partial charge in [0.05, 0.1) is 11.6 Å². The summed E-state index contributed by atoms with van der Waals surface area (Å²) in [6.45, 7) is 1.96. The molecule has 3 aromatic rings. The normalized spacial score (nSPS) is 18.6. The van der Waals surface area contributed by atoms with E-state index < -0.39 is 17.7 Å². The second-order valence-electron chi connectivity index (χ2n) is 6.40. The minimum Gasteiger partial charge on any atom is -0.507 e. The van der Waals surface area contributed by atoms with Crippen LogP contribution in [-0.4, -0.2) is 21.8 Å². The summed E-state index contributed by atoms with van der Waals surface area (Å²) in [7, 11) is 0. The van der Waals surface area contributed by atoms with E-state index >= 15 is 0 Å². The molecule has 1 aliphatic rings. The van der Waals surface area contributed by atoms with Crippen LogP contribution in [0.1, 0.15) is 22.7 Å². The number of hydrogen-bond acceptors (Lipinski definition) is 5. The Hall–Kier alpha value is -2.77. The highest BCUT2D eigenvalue weighted by Gasteiger charge is 2.47. The van der Waals surface area contributed by atoms with E-state index in [-0.39, 0.29) is 11.3 Å². The van der Waals surface area contributed by atoms with Crippen molar-refractivity contribution in [3.63, 3.8) is 0 Å². The van der Waals surface area contributed by atoms with Crippen molar-refractivity contribution >= 4 is 49.8 Å². The van der Waals surface area contributed by atoms with Gasteiger partial charge in [0.1, 0.15) is 5.76 Å². The van der Waals surface area contributed by atoms with Crippen LogP contribution in [0, 0.1) is 6.92 Å². The fraction of sp³-hybridized carbons (Fsp3) is 0.0952. The van der Waals surface area contributed by atoms with Crippen LogP contribution in [0.2, 0.25) is 0 Å². The SMILES string of the molecule is Cc1ccc(C2C(=C(O)c3ccc(Br)cc3)C(=O)C(=O)N2c2nccs2)cc1. The first kappa shape index (κ1) is 18.6. The van der Waals surface area contributed by atoms with Crippen LogP contribution in [0.3, 0.4) is 0 Å². The molecule has 4 rings (SSSR count). The zero-order chi connectivity index (χ0) is 19.8. The fourth-order valence-electron chi connectivity index (χ4n) is 3.19. The zero-order valence-electron chi connectivity index (χ0n) is 14.8. The number of nitrogens with zero attached hydrogens (tertiary/aromatic N) is 2. The molecule has 0 aliphatic carbocycles. The molecule has 5 nitrogen and oxygen atoms in total. The topological polar surface area (TPSA) is 70.5 Å². The number of ketones is 1. The molecule has 0 radical (unpaired) electrons. The average molecular weight is 455 g/mol. The summed E-state index contributed by atoms with van der Waals surface area (Å²) in [4.78, 5) is 31.3. The lowest BCUT2D eigenvalue weighted by atomic mass is 9.95. The molecule has 1 fully saturated rings. The summed E-state index contributed by atoms with van der Waals surface area (Å²) in [5.74, 6) is -1.61. The van der Waals surface area contributed by atoms with Gasteiger partial charge in [0.2, 0.25) is 0 Å². The van der Waals surface area contributed by atoms with Crippen LogP contribution in [0.15, 0.2) is 70.2 Å². The van der Waals surface area contributed by atoms with Crippen molar-refractivity contribution in [3.05, 3.63) is 86.8 Å². The Bertz CT molecular complexity index is 1070. The van der Waals surface area contributed by atoms with Crippen molar-refractivity contribution in [2.24, 2.45) is 0 Å². The van der Waals surface area contributed by atoms with E-state index in [0.29, 0.717) is 10.7 Å². The summed E-state index contributed by atoms with van der Waals surface area (Å²) >= 11 is 4.63. The molecule has 2 aromatic carbocycles. The van der Waals surface area contributed by atoms with Gasteiger partial charge in [-0.05, 0) is 24.6 Å². The largest absolute Gasteiger partial charge is 0.507 e. The summed E-state index contributed by atoms with van der Waals surface area (Å²) in [5.41, 5.74) is 2.32. The quantitative estimate of drug-likeness (QED) is 0.349. The summed E-state index contributed by atoms with van der Waals surface area (Å²) in [6.07, 6.45) is 1.58. The van der Waals surface area contributed by atoms with Crippen molar-refractivity contribution in [1.29, 1.82) is 0 Å². The summed E-state index contributed by atoms with van der Waals surface area (Å²) in [6, 6.07) is 13.7. The van der Waals surface area contributed by atoms with E-state index in [2.05, 4.69) is 20.9 Å². The third-order valence-electron chi connectivity index (χ3n) is 4.58. The van der Waals surface area contributed by atoms with Crippen LogP contribution < -0.4 is 4.90 Å². The number of carbonyl (C=O) groups excluding carboxylic acids is 2. The molecule has 1 unspecified atom stereocenters. The van der Waals surface area contributed by atoms with Gasteiger partial charge in [-0.2, -0.15) is 0 Å². The van der Waals surface area contributed by atoms with Crippen molar-refractivity contribution < 1.29 is 14.7 Å². The fourth-order valence-corrected chi connectivity index (χ4v) is 4.12. The number of carbonyl (C=O) groups is 2. The standard InChI is InChI=1S/C21H15BrN2O3S/c1-12-2-4-13(5-3-12)17-16(18(25)14-6-8-15(22)9-7-14)19(26)20(27)24(17)21-23-10-11-28-21/h2-11,17,25H,1H3. The first-order valence-corrected chi connectivity index (χ1v) is 10.2. The van der Waals surface area contributed by atoms with Crippen molar-refractivity contribution in [3.8, 4) is 0 Å². The van der Waals surface area contributed by atoms with Crippen LogP contribution in [0.5, 0.6) is 0 Å². The monoisotopic (exact) mass is 454 g/mol. The molecular formula is C21H15BrN2O3S. The number of aryl methyl sites for hydroxylation is 1. The van der Waals surface area contributed by atoms with E-state index in [1.165, 1.54) is 16.2 Å². The first-order valence-electron chi connectivity index (χ1n) is 8.50. The summed E-state index contributed by atoms with van der Waals surface area (Å²) < 4.78 is 0.849. The van der Waals surface area contributed by atoms with Gasteiger partial charge in [-0.15, -0.1) is 11.3 Å². The van der Waals surface area contributed by atoms with Crippen LogP contribution in [0.4, 0.5) is 5.13 Å². The number of aromatic nitrogens is 1. The van der Waals surface area contributed by atoms with Gasteiger partial charge in [-0.3, -0.25) is 14.5 Å². The molecule has 7 heteroatoms. The van der Waals surface area contributed by atoms with E-state index in [1.807, 2.05) is 31.2 Å². The van der Waals surface area contributed by atoms with Crippen LogP contribution in [-0.2, 0) is 9.59 Å². The molecule has 1 aromatic heterocycles. The van der Waals surface area contributed by atoms with Gasteiger partial charge in [0.15, 0.2) is 5.13 Å². The molecule has 1 amide bonds. The predicted molar refractivity (Wildman–Crippen MR) is 112 cm³/mol. The lowest BCUT2D eigenvalue weighted by Gasteiger charge is -2.23. The third-order valence-corrected chi connectivity index (χ3v) is 5.88. The van der Waals surface area contributed by atoms with Gasteiger partial charge in [-0.1, -0.05) is 57.9 Å². The Labute approximate surface area is 174 Å². The molecule has 1 saturated heterocycles. The molecule has 0 saturated carbocycles. The predicted octanol–water partition coefficient (Wildman–Crippen LogP) is 4.84. The van der Waals surface area contributed by atoms with Crippen LogP contribution in [0.25, 0.3) is 5.76 Å². The number of thiazole rings is 1. The summed E-state index contributed by atoms with van der Waals surface area (Å²) in [5, 5.41) is 13.1. The van der Waals surface area contributed by atoms with Crippen molar-refractivity contribution in [2.45, 2.75) is 13.0 Å². The number of aliphatic hydroxyl groups is 1. The van der Waals surface area contributed by atoms with Gasteiger partial charge >= 0.3 is 5.91 Å². The lowest BCUT2D eigenvalue weighted by Crippen LogP contribution is -2.29. The number of halogens is 1. The number of rotatable bonds is 3. The lowest BCUT2D eigenvalue weighted by molar-refractivity contribution is -0.132. The molecule has 1 N–H and O–H groups in total. The zero-order valence-corrected chi connectivity index (χ0v) is 17.2. The number of benzene rings is 2. The Balaban J connectivity index is 1.93. The average Bonchev–Trinajstić information content (AvgIpc) is 3.30. The molecular weight excluding hydrogens is 440 g/mol. The Morgan fingerprint density at radius 2 is 1.79 bits per heavy atom. The molecule has 0 spiro atoms. The van der Waals surface area contributed by atoms with Gasteiger partial charge in [-0.25, -0.2) is 4.98 Å². The molecule has 28 heavy (non-hydrogen) atoms. The van der Waals surface area contributed by atoms with Crippen molar-refractivity contribution in [1.82, 2.24) is 4.98 Å². The van der Waals surface area contributed by atoms with Gasteiger partial charge in [0.25, 0.3) is 5.78 Å². The highest BCUT2D eigenvalue weighted by molar-refractivity contribution is 9.10. The highest BCUT2D eigenvalue weighted by atomic mass is 79.9. The Morgan fingerprint density at radius 3 is 2.39 bits per heavy atom. The van der Waals surface area contributed by atoms with Crippen LogP contribution >= 0.6 is 27.3 Å². The second-order valence-corrected chi connectivity index (χ2v) is 8.19. The molecule has 0 bridgehead atoms. The molecule has 1 aliphatic heterocycles. The number of Topliss-reactive ketones (excluding diaryl/α,β-unsaturated/α-hetero) is 1. The minimum atomic E-state index is -0.740. The number of anilines is 1. The smallest absolute Gasteiger partial charge is 0.301 e. The van der Waals surface area contributed by atoms with E-state index in [4.69, 9.17) is 0 Å².